The quantitative estimate of drug-likeness (QED) is 0.808. The molecule has 0 aliphatic heterocycles. The second kappa shape index (κ2) is 7.28. The Morgan fingerprint density at radius 2 is 2.14 bits per heavy atom. The number of hydrogen-bond acceptors (Lipinski definition) is 3. The summed E-state index contributed by atoms with van der Waals surface area (Å²) < 4.78 is 6.28. The number of nitrogens with one attached hydrogen (secondary N) is 1. The maximum atomic E-state index is 9.69. The van der Waals surface area contributed by atoms with Gasteiger partial charge in [0, 0.05) is 12.0 Å². The van der Waals surface area contributed by atoms with Gasteiger partial charge in [0.15, 0.2) is 0 Å². The van der Waals surface area contributed by atoms with Gasteiger partial charge in [-0.1, -0.05) is 39.0 Å². The van der Waals surface area contributed by atoms with Crippen molar-refractivity contribution in [2.24, 2.45) is 0 Å². The van der Waals surface area contributed by atoms with Gasteiger partial charge in [0.1, 0.15) is 11.9 Å². The zero-order valence-electron chi connectivity index (χ0n) is 13.6. The molecule has 1 saturated carbocycles. The van der Waals surface area contributed by atoms with E-state index in [1.807, 2.05) is 6.07 Å². The summed E-state index contributed by atoms with van der Waals surface area (Å²) in [6.45, 7) is 7.61. The summed E-state index contributed by atoms with van der Waals surface area (Å²) in [6.07, 6.45) is 4.17. The van der Waals surface area contributed by atoms with E-state index in [1.165, 1.54) is 5.56 Å². The van der Waals surface area contributed by atoms with E-state index in [-0.39, 0.29) is 18.2 Å². The molecule has 3 atom stereocenters. The van der Waals surface area contributed by atoms with E-state index in [9.17, 15) is 5.11 Å². The highest BCUT2D eigenvalue weighted by Gasteiger charge is 2.39. The van der Waals surface area contributed by atoms with Gasteiger partial charge in [-0.3, -0.25) is 0 Å². The van der Waals surface area contributed by atoms with Crippen molar-refractivity contribution in [2.45, 2.75) is 64.0 Å². The van der Waals surface area contributed by atoms with E-state index in [0.717, 1.165) is 38.0 Å². The highest BCUT2D eigenvalue weighted by Crippen LogP contribution is 2.35. The van der Waals surface area contributed by atoms with Gasteiger partial charge in [-0.25, -0.2) is 0 Å². The standard InChI is InChI=1S/C18H29NO2/c1-4-14(3)16-8-6-7-9-17(16)21-15-10-11-18(12-15,13-20)19-5-2/h6-9,14-15,19-20H,4-5,10-13H2,1-3H3. The van der Waals surface area contributed by atoms with Crippen LogP contribution in [0.25, 0.3) is 0 Å². The normalized spacial score (nSPS) is 26.8. The van der Waals surface area contributed by atoms with Gasteiger partial charge in [0.2, 0.25) is 0 Å². The minimum Gasteiger partial charge on any atom is -0.490 e. The van der Waals surface area contributed by atoms with E-state index < -0.39 is 0 Å². The minimum atomic E-state index is -0.148. The van der Waals surface area contributed by atoms with E-state index in [0.29, 0.717) is 5.92 Å². The molecule has 1 fully saturated rings. The first-order valence-corrected chi connectivity index (χ1v) is 8.25. The zero-order chi connectivity index (χ0) is 15.3. The summed E-state index contributed by atoms with van der Waals surface area (Å²) in [5.41, 5.74) is 1.15. The van der Waals surface area contributed by atoms with Gasteiger partial charge >= 0.3 is 0 Å². The monoisotopic (exact) mass is 291 g/mol. The predicted octanol–water partition coefficient (Wildman–Crippen LogP) is 3.47. The molecule has 3 nitrogen and oxygen atoms in total. The minimum absolute atomic E-state index is 0.148. The van der Waals surface area contributed by atoms with Crippen LogP contribution in [0.5, 0.6) is 5.75 Å². The predicted molar refractivity (Wildman–Crippen MR) is 86.9 cm³/mol. The number of hydrogen-bond donors (Lipinski definition) is 2. The maximum Gasteiger partial charge on any atom is 0.123 e. The fourth-order valence-corrected chi connectivity index (χ4v) is 3.31. The van der Waals surface area contributed by atoms with Crippen molar-refractivity contribution in [1.29, 1.82) is 0 Å². The SMILES string of the molecule is CCNC1(CO)CCC(Oc2ccccc2C(C)CC)C1. The fraction of sp³-hybridized carbons (Fsp3) is 0.667. The number of ether oxygens (including phenoxy) is 1. The van der Waals surface area contributed by atoms with Gasteiger partial charge in [0.25, 0.3) is 0 Å². The van der Waals surface area contributed by atoms with Crippen LogP contribution in [-0.2, 0) is 0 Å². The summed E-state index contributed by atoms with van der Waals surface area (Å²) in [4.78, 5) is 0. The van der Waals surface area contributed by atoms with E-state index in [2.05, 4.69) is 44.3 Å². The number of aliphatic hydroxyl groups is 1. The third-order valence-corrected chi connectivity index (χ3v) is 4.77. The van der Waals surface area contributed by atoms with Crippen LogP contribution in [-0.4, -0.2) is 29.9 Å². The first-order chi connectivity index (χ1) is 10.1. The van der Waals surface area contributed by atoms with Crippen LogP contribution in [0.3, 0.4) is 0 Å². The first-order valence-electron chi connectivity index (χ1n) is 8.25. The highest BCUT2D eigenvalue weighted by atomic mass is 16.5. The number of rotatable bonds is 7. The van der Waals surface area contributed by atoms with Crippen molar-refractivity contribution < 1.29 is 9.84 Å². The maximum absolute atomic E-state index is 9.69. The zero-order valence-corrected chi connectivity index (χ0v) is 13.6. The molecule has 118 valence electrons. The van der Waals surface area contributed by atoms with Crippen LogP contribution in [0.1, 0.15) is 57.9 Å². The first kappa shape index (κ1) is 16.3. The van der Waals surface area contributed by atoms with E-state index in [1.54, 1.807) is 0 Å². The smallest absolute Gasteiger partial charge is 0.123 e. The van der Waals surface area contributed by atoms with Gasteiger partial charge in [-0.05, 0) is 43.4 Å². The molecule has 0 saturated heterocycles. The number of likely N-dealkylation sites (N-methyl/N-ethyl adjacent to an activating group) is 1. The Morgan fingerprint density at radius 1 is 1.38 bits per heavy atom. The topological polar surface area (TPSA) is 41.5 Å². The summed E-state index contributed by atoms with van der Waals surface area (Å²) in [7, 11) is 0. The molecule has 1 aliphatic carbocycles. The van der Waals surface area contributed by atoms with Crippen molar-refractivity contribution in [3.63, 3.8) is 0 Å². The van der Waals surface area contributed by atoms with Gasteiger partial charge in [0.05, 0.1) is 6.61 Å². The van der Waals surface area contributed by atoms with E-state index in [4.69, 9.17) is 4.74 Å². The lowest BCUT2D eigenvalue weighted by Gasteiger charge is -2.28. The van der Waals surface area contributed by atoms with E-state index >= 15 is 0 Å². The molecule has 0 heterocycles. The van der Waals surface area contributed by atoms with Crippen LogP contribution in [0.15, 0.2) is 24.3 Å². The van der Waals surface area contributed by atoms with Crippen molar-refractivity contribution in [1.82, 2.24) is 5.32 Å². The Labute approximate surface area is 128 Å². The number of aliphatic hydroxyl groups excluding tert-OH is 1. The molecule has 0 radical (unpaired) electrons. The number of benzene rings is 1. The average molecular weight is 291 g/mol. The lowest BCUT2D eigenvalue weighted by Crippen LogP contribution is -2.46. The molecule has 2 rings (SSSR count). The Morgan fingerprint density at radius 3 is 2.81 bits per heavy atom. The molecular weight excluding hydrogens is 262 g/mol. The third-order valence-electron chi connectivity index (χ3n) is 4.77. The lowest BCUT2D eigenvalue weighted by molar-refractivity contribution is 0.141. The molecule has 1 aliphatic rings. The second-order valence-corrected chi connectivity index (χ2v) is 6.30. The van der Waals surface area contributed by atoms with Gasteiger partial charge in [-0.2, -0.15) is 0 Å². The molecule has 2 N–H and O–H groups in total. The van der Waals surface area contributed by atoms with Crippen LogP contribution < -0.4 is 10.1 Å². The van der Waals surface area contributed by atoms with Crippen LogP contribution >= 0.6 is 0 Å². The summed E-state index contributed by atoms with van der Waals surface area (Å²) in [5, 5.41) is 13.1. The molecule has 1 aromatic carbocycles. The molecule has 1 aromatic rings. The Bertz CT molecular complexity index is 449. The van der Waals surface area contributed by atoms with Crippen LogP contribution in [0.4, 0.5) is 0 Å². The Hall–Kier alpha value is -1.06. The van der Waals surface area contributed by atoms with Crippen molar-refractivity contribution in [3.8, 4) is 5.75 Å². The molecule has 21 heavy (non-hydrogen) atoms. The third kappa shape index (κ3) is 3.78. The van der Waals surface area contributed by atoms with Crippen molar-refractivity contribution in [3.05, 3.63) is 29.8 Å². The molecule has 3 unspecified atom stereocenters. The Kier molecular flexibility index (Phi) is 5.65. The van der Waals surface area contributed by atoms with Crippen LogP contribution in [0, 0.1) is 0 Å². The van der Waals surface area contributed by atoms with Crippen LogP contribution in [0.2, 0.25) is 0 Å². The summed E-state index contributed by atoms with van der Waals surface area (Å²) >= 11 is 0. The lowest BCUT2D eigenvalue weighted by atomic mass is 9.97. The average Bonchev–Trinajstić information content (AvgIpc) is 2.91. The molecule has 3 heteroatoms. The van der Waals surface area contributed by atoms with Crippen molar-refractivity contribution in [2.75, 3.05) is 13.2 Å². The van der Waals surface area contributed by atoms with Gasteiger partial charge in [-0.15, -0.1) is 0 Å². The summed E-state index contributed by atoms with van der Waals surface area (Å²) in [6, 6.07) is 8.37. The van der Waals surface area contributed by atoms with Gasteiger partial charge < -0.3 is 15.2 Å². The number of para-hydroxylation sites is 1. The fourth-order valence-electron chi connectivity index (χ4n) is 3.31. The van der Waals surface area contributed by atoms with Crippen molar-refractivity contribution >= 4 is 0 Å². The second-order valence-electron chi connectivity index (χ2n) is 6.30. The molecular formula is C18H29NO2. The summed E-state index contributed by atoms with van der Waals surface area (Å²) in [5.74, 6) is 1.53. The molecule has 0 amide bonds. The molecule has 0 aromatic heterocycles. The Balaban J connectivity index is 2.07. The highest BCUT2D eigenvalue weighted by molar-refractivity contribution is 5.36. The largest absolute Gasteiger partial charge is 0.490 e. The molecule has 0 spiro atoms. The molecule has 0 bridgehead atoms.